The van der Waals surface area contributed by atoms with Gasteiger partial charge in [-0.05, 0) is 46.5 Å². The Balaban J connectivity index is 3.23. The van der Waals surface area contributed by atoms with Crippen molar-refractivity contribution in [3.05, 3.63) is 0 Å². The summed E-state index contributed by atoms with van der Waals surface area (Å²) in [7, 11) is 0. The van der Waals surface area contributed by atoms with Gasteiger partial charge in [-0.25, -0.2) is 4.79 Å². The zero-order valence-electron chi connectivity index (χ0n) is 11.8. The molecule has 108 valence electrons. The Labute approximate surface area is 110 Å². The molecular weight excluding hydrogens is 234 g/mol. The Kier molecular flexibility index (Phi) is 9.69. The van der Waals surface area contributed by atoms with Gasteiger partial charge in [0, 0.05) is 26.4 Å². The molecule has 0 bridgehead atoms. The van der Waals surface area contributed by atoms with Gasteiger partial charge in [-0.3, -0.25) is 0 Å². The standard InChI is InChI=1S/C13H27NO4/c1-13(2,3)18-12(16)14-8-7-11-17-10-6-4-5-9-15/h15H,4-11H2,1-3H3,(H,14,16). The highest BCUT2D eigenvalue weighted by Crippen LogP contribution is 2.06. The maximum Gasteiger partial charge on any atom is 0.407 e. The Hall–Kier alpha value is -0.810. The summed E-state index contributed by atoms with van der Waals surface area (Å²) in [6.45, 7) is 7.67. The summed E-state index contributed by atoms with van der Waals surface area (Å²) in [4.78, 5) is 11.3. The van der Waals surface area contributed by atoms with E-state index in [9.17, 15) is 4.79 Å². The number of amides is 1. The van der Waals surface area contributed by atoms with Crippen LogP contribution >= 0.6 is 0 Å². The van der Waals surface area contributed by atoms with Gasteiger partial charge >= 0.3 is 6.09 Å². The number of nitrogens with one attached hydrogen (secondary N) is 1. The van der Waals surface area contributed by atoms with Gasteiger partial charge in [0.2, 0.25) is 0 Å². The van der Waals surface area contributed by atoms with Crippen molar-refractivity contribution in [1.82, 2.24) is 5.32 Å². The molecule has 0 saturated heterocycles. The van der Waals surface area contributed by atoms with Crippen molar-refractivity contribution in [3.8, 4) is 0 Å². The number of carbonyl (C=O) groups is 1. The number of hydrogen-bond donors (Lipinski definition) is 2. The predicted molar refractivity (Wildman–Crippen MR) is 70.6 cm³/mol. The van der Waals surface area contributed by atoms with E-state index in [-0.39, 0.29) is 12.7 Å². The third kappa shape index (κ3) is 13.3. The molecule has 0 atom stereocenters. The van der Waals surface area contributed by atoms with Crippen molar-refractivity contribution < 1.29 is 19.4 Å². The Morgan fingerprint density at radius 3 is 2.39 bits per heavy atom. The van der Waals surface area contributed by atoms with Crippen LogP contribution in [0.4, 0.5) is 4.79 Å². The van der Waals surface area contributed by atoms with E-state index in [4.69, 9.17) is 14.6 Å². The van der Waals surface area contributed by atoms with Gasteiger partial charge in [0.05, 0.1) is 0 Å². The van der Waals surface area contributed by atoms with E-state index in [2.05, 4.69) is 5.32 Å². The van der Waals surface area contributed by atoms with Gasteiger partial charge < -0.3 is 19.9 Å². The lowest BCUT2D eigenvalue weighted by Crippen LogP contribution is -2.33. The van der Waals surface area contributed by atoms with E-state index >= 15 is 0 Å². The first kappa shape index (κ1) is 17.2. The summed E-state index contributed by atoms with van der Waals surface area (Å²) < 4.78 is 10.5. The number of alkyl carbamates (subject to hydrolysis) is 1. The molecule has 5 heteroatoms. The van der Waals surface area contributed by atoms with Crippen LogP contribution in [0.25, 0.3) is 0 Å². The molecule has 0 aliphatic rings. The van der Waals surface area contributed by atoms with Gasteiger partial charge in [0.25, 0.3) is 0 Å². The molecular formula is C13H27NO4. The van der Waals surface area contributed by atoms with Gasteiger partial charge in [-0.1, -0.05) is 0 Å². The minimum absolute atomic E-state index is 0.250. The smallest absolute Gasteiger partial charge is 0.407 e. The van der Waals surface area contributed by atoms with E-state index in [0.29, 0.717) is 19.8 Å². The van der Waals surface area contributed by atoms with Crippen LogP contribution < -0.4 is 5.32 Å². The van der Waals surface area contributed by atoms with E-state index in [1.165, 1.54) is 0 Å². The minimum atomic E-state index is -0.451. The van der Waals surface area contributed by atoms with Crippen molar-refractivity contribution in [1.29, 1.82) is 0 Å². The summed E-state index contributed by atoms with van der Waals surface area (Å²) in [5, 5.41) is 11.3. The lowest BCUT2D eigenvalue weighted by atomic mass is 10.2. The number of carbonyl (C=O) groups excluding carboxylic acids is 1. The summed E-state index contributed by atoms with van der Waals surface area (Å²) >= 11 is 0. The van der Waals surface area contributed by atoms with Gasteiger partial charge in [0.1, 0.15) is 5.60 Å². The zero-order chi connectivity index (χ0) is 13.9. The van der Waals surface area contributed by atoms with Crippen LogP contribution in [0.1, 0.15) is 46.5 Å². The number of unbranched alkanes of at least 4 members (excludes halogenated alkanes) is 2. The molecule has 0 fully saturated rings. The van der Waals surface area contributed by atoms with E-state index < -0.39 is 5.60 Å². The number of rotatable bonds is 9. The Morgan fingerprint density at radius 1 is 1.11 bits per heavy atom. The number of aliphatic hydroxyl groups is 1. The monoisotopic (exact) mass is 261 g/mol. The van der Waals surface area contributed by atoms with Crippen LogP contribution in [-0.4, -0.2) is 43.2 Å². The second-order valence-electron chi connectivity index (χ2n) is 5.18. The second-order valence-corrected chi connectivity index (χ2v) is 5.18. The summed E-state index contributed by atoms with van der Waals surface area (Å²) in [6, 6.07) is 0. The molecule has 18 heavy (non-hydrogen) atoms. The number of ether oxygens (including phenoxy) is 2. The van der Waals surface area contributed by atoms with Crippen molar-refractivity contribution in [2.75, 3.05) is 26.4 Å². The van der Waals surface area contributed by atoms with Crippen LogP contribution in [-0.2, 0) is 9.47 Å². The van der Waals surface area contributed by atoms with E-state index in [1.54, 1.807) is 0 Å². The average Bonchev–Trinajstić information content (AvgIpc) is 2.24. The highest BCUT2D eigenvalue weighted by atomic mass is 16.6. The molecule has 0 heterocycles. The number of hydrogen-bond acceptors (Lipinski definition) is 4. The Morgan fingerprint density at radius 2 is 1.78 bits per heavy atom. The highest BCUT2D eigenvalue weighted by Gasteiger charge is 2.15. The van der Waals surface area contributed by atoms with Crippen molar-refractivity contribution in [2.45, 2.75) is 52.1 Å². The summed E-state index contributed by atoms with van der Waals surface area (Å²) in [6.07, 6.45) is 3.20. The third-order valence-corrected chi connectivity index (χ3v) is 2.08. The molecule has 0 rings (SSSR count). The van der Waals surface area contributed by atoms with Crippen molar-refractivity contribution in [2.24, 2.45) is 0 Å². The fourth-order valence-electron chi connectivity index (χ4n) is 1.27. The van der Waals surface area contributed by atoms with Crippen LogP contribution in [0.3, 0.4) is 0 Å². The normalized spacial score (nSPS) is 11.3. The molecule has 0 unspecified atom stereocenters. The van der Waals surface area contributed by atoms with Crippen LogP contribution in [0.15, 0.2) is 0 Å². The average molecular weight is 261 g/mol. The molecule has 5 nitrogen and oxygen atoms in total. The quantitative estimate of drug-likeness (QED) is 0.624. The molecule has 0 aromatic rings. The van der Waals surface area contributed by atoms with E-state index in [1.807, 2.05) is 20.8 Å². The van der Waals surface area contributed by atoms with Gasteiger partial charge in [-0.15, -0.1) is 0 Å². The van der Waals surface area contributed by atoms with Crippen LogP contribution in [0.5, 0.6) is 0 Å². The molecule has 2 N–H and O–H groups in total. The molecule has 0 spiro atoms. The first-order valence-electron chi connectivity index (χ1n) is 6.61. The minimum Gasteiger partial charge on any atom is -0.444 e. The molecule has 0 saturated carbocycles. The first-order valence-corrected chi connectivity index (χ1v) is 6.61. The second kappa shape index (κ2) is 10.1. The molecule has 0 radical (unpaired) electrons. The fourth-order valence-corrected chi connectivity index (χ4v) is 1.27. The SMILES string of the molecule is CC(C)(C)OC(=O)NCCCOCCCCCO. The van der Waals surface area contributed by atoms with Crippen molar-refractivity contribution in [3.63, 3.8) is 0 Å². The molecule has 0 aromatic carbocycles. The summed E-state index contributed by atoms with van der Waals surface area (Å²) in [5.74, 6) is 0. The number of aliphatic hydroxyl groups excluding tert-OH is 1. The van der Waals surface area contributed by atoms with E-state index in [0.717, 1.165) is 25.7 Å². The maximum absolute atomic E-state index is 11.3. The largest absolute Gasteiger partial charge is 0.444 e. The maximum atomic E-state index is 11.3. The Bertz CT molecular complexity index is 214. The lowest BCUT2D eigenvalue weighted by molar-refractivity contribution is 0.0519. The lowest BCUT2D eigenvalue weighted by Gasteiger charge is -2.19. The van der Waals surface area contributed by atoms with Gasteiger partial charge in [-0.2, -0.15) is 0 Å². The molecule has 1 amide bonds. The molecule has 0 aliphatic carbocycles. The van der Waals surface area contributed by atoms with Crippen LogP contribution in [0.2, 0.25) is 0 Å². The topological polar surface area (TPSA) is 67.8 Å². The first-order chi connectivity index (χ1) is 8.45. The fraction of sp³-hybridized carbons (Fsp3) is 0.923. The van der Waals surface area contributed by atoms with Crippen molar-refractivity contribution >= 4 is 6.09 Å². The third-order valence-electron chi connectivity index (χ3n) is 2.08. The summed E-state index contributed by atoms with van der Waals surface area (Å²) in [5.41, 5.74) is -0.451. The molecule has 0 aliphatic heterocycles. The van der Waals surface area contributed by atoms with Crippen LogP contribution in [0, 0.1) is 0 Å². The zero-order valence-corrected chi connectivity index (χ0v) is 11.8. The van der Waals surface area contributed by atoms with Gasteiger partial charge in [0.15, 0.2) is 0 Å². The molecule has 0 aromatic heterocycles. The predicted octanol–water partition coefficient (Wildman–Crippen LogP) is 2.08. The highest BCUT2D eigenvalue weighted by molar-refractivity contribution is 5.67.